The van der Waals surface area contributed by atoms with Crippen LogP contribution in [0.5, 0.6) is 0 Å². The Labute approximate surface area is 112 Å². The lowest BCUT2D eigenvalue weighted by atomic mass is 10.2. The quantitative estimate of drug-likeness (QED) is 0.827. The first kappa shape index (κ1) is 12.6. The smallest absolute Gasteiger partial charge is 0.0983 e. The molecule has 1 aromatic heterocycles. The van der Waals surface area contributed by atoms with Crippen LogP contribution >= 0.6 is 11.3 Å². The summed E-state index contributed by atoms with van der Waals surface area (Å²) in [6.07, 6.45) is 0.415. The predicted octanol–water partition coefficient (Wildman–Crippen LogP) is 1.41. The van der Waals surface area contributed by atoms with Crippen LogP contribution in [0, 0.1) is 0 Å². The standard InChI is InChI=1S/C13H20N2O2S/c1-2-12(18-11-1)13(14-3-7-16-8-4-14)15-5-9-17-10-6-15/h1-2,11,13H,3-10H2. The molecule has 4 nitrogen and oxygen atoms in total. The van der Waals surface area contributed by atoms with Crippen molar-refractivity contribution >= 4 is 11.3 Å². The Morgan fingerprint density at radius 1 is 0.944 bits per heavy atom. The van der Waals surface area contributed by atoms with Gasteiger partial charge in [0.1, 0.15) is 0 Å². The highest BCUT2D eigenvalue weighted by atomic mass is 32.1. The second-order valence-electron chi connectivity index (χ2n) is 4.69. The summed E-state index contributed by atoms with van der Waals surface area (Å²) in [6, 6.07) is 4.40. The summed E-state index contributed by atoms with van der Waals surface area (Å²) in [6.45, 7) is 7.52. The lowest BCUT2D eigenvalue weighted by molar-refractivity contribution is -0.0663. The summed E-state index contributed by atoms with van der Waals surface area (Å²) in [7, 11) is 0. The molecule has 3 heterocycles. The lowest BCUT2D eigenvalue weighted by Gasteiger charge is -2.42. The third kappa shape index (κ3) is 2.75. The molecule has 0 aliphatic carbocycles. The number of hydrogen-bond acceptors (Lipinski definition) is 5. The number of thiophene rings is 1. The molecule has 1 aromatic rings. The Kier molecular flexibility index (Phi) is 4.28. The summed E-state index contributed by atoms with van der Waals surface area (Å²) in [5.74, 6) is 0. The van der Waals surface area contributed by atoms with Gasteiger partial charge in [0.25, 0.3) is 0 Å². The van der Waals surface area contributed by atoms with Crippen molar-refractivity contribution in [3.05, 3.63) is 22.4 Å². The molecule has 100 valence electrons. The second kappa shape index (κ2) is 6.12. The second-order valence-corrected chi connectivity index (χ2v) is 5.67. The molecule has 2 fully saturated rings. The van der Waals surface area contributed by atoms with Gasteiger partial charge < -0.3 is 9.47 Å². The molecule has 0 N–H and O–H groups in total. The van der Waals surface area contributed by atoms with Crippen LogP contribution < -0.4 is 0 Å². The van der Waals surface area contributed by atoms with E-state index in [0.29, 0.717) is 6.17 Å². The summed E-state index contributed by atoms with van der Waals surface area (Å²) >= 11 is 1.85. The Morgan fingerprint density at radius 2 is 1.50 bits per heavy atom. The van der Waals surface area contributed by atoms with Crippen LogP contribution in [0.25, 0.3) is 0 Å². The zero-order valence-corrected chi connectivity index (χ0v) is 11.4. The van der Waals surface area contributed by atoms with Crippen molar-refractivity contribution in [1.29, 1.82) is 0 Å². The van der Waals surface area contributed by atoms with Crippen LogP contribution in [0.2, 0.25) is 0 Å². The number of ether oxygens (including phenoxy) is 2. The Balaban J connectivity index is 1.78. The van der Waals surface area contributed by atoms with Crippen molar-refractivity contribution < 1.29 is 9.47 Å². The first-order valence-corrected chi connectivity index (χ1v) is 7.50. The largest absolute Gasteiger partial charge is 0.379 e. The van der Waals surface area contributed by atoms with E-state index >= 15 is 0 Å². The van der Waals surface area contributed by atoms with Crippen molar-refractivity contribution in [3.8, 4) is 0 Å². The average molecular weight is 268 g/mol. The van der Waals surface area contributed by atoms with E-state index in [4.69, 9.17) is 9.47 Å². The van der Waals surface area contributed by atoms with Crippen molar-refractivity contribution in [2.24, 2.45) is 0 Å². The molecule has 2 saturated heterocycles. The Bertz CT molecular complexity index is 328. The first-order chi connectivity index (χ1) is 8.95. The number of rotatable bonds is 3. The monoisotopic (exact) mass is 268 g/mol. The lowest BCUT2D eigenvalue weighted by Crippen LogP contribution is -2.49. The van der Waals surface area contributed by atoms with Gasteiger partial charge in [-0.2, -0.15) is 0 Å². The normalized spacial score (nSPS) is 23.6. The fraction of sp³-hybridized carbons (Fsp3) is 0.692. The SMILES string of the molecule is c1csc(C(N2CCOCC2)N2CCOCC2)c1. The predicted molar refractivity (Wildman–Crippen MR) is 71.8 cm³/mol. The van der Waals surface area contributed by atoms with Gasteiger partial charge >= 0.3 is 0 Å². The molecule has 2 aliphatic rings. The molecule has 0 saturated carbocycles. The average Bonchev–Trinajstić information content (AvgIpc) is 2.95. The van der Waals surface area contributed by atoms with Crippen LogP contribution in [-0.4, -0.2) is 62.4 Å². The van der Waals surface area contributed by atoms with E-state index in [2.05, 4.69) is 27.3 Å². The fourth-order valence-electron chi connectivity index (χ4n) is 2.67. The minimum atomic E-state index is 0.415. The van der Waals surface area contributed by atoms with Crippen molar-refractivity contribution in [1.82, 2.24) is 9.80 Å². The van der Waals surface area contributed by atoms with E-state index in [-0.39, 0.29) is 0 Å². The summed E-state index contributed by atoms with van der Waals surface area (Å²) in [4.78, 5) is 6.53. The van der Waals surface area contributed by atoms with E-state index < -0.39 is 0 Å². The third-order valence-corrected chi connectivity index (χ3v) is 4.49. The van der Waals surface area contributed by atoms with Gasteiger partial charge in [-0.25, -0.2) is 0 Å². The third-order valence-electron chi connectivity index (χ3n) is 3.58. The van der Waals surface area contributed by atoms with Crippen LogP contribution in [0.15, 0.2) is 17.5 Å². The molecular weight excluding hydrogens is 248 g/mol. The maximum absolute atomic E-state index is 5.47. The van der Waals surface area contributed by atoms with E-state index in [1.165, 1.54) is 4.88 Å². The van der Waals surface area contributed by atoms with Gasteiger partial charge in [0.05, 0.1) is 32.6 Å². The molecular formula is C13H20N2O2S. The Hall–Kier alpha value is -0.460. The fourth-order valence-corrected chi connectivity index (χ4v) is 3.56. The van der Waals surface area contributed by atoms with E-state index in [0.717, 1.165) is 52.6 Å². The van der Waals surface area contributed by atoms with Crippen LogP contribution in [0.1, 0.15) is 11.0 Å². The zero-order valence-electron chi connectivity index (χ0n) is 10.6. The van der Waals surface area contributed by atoms with Crippen LogP contribution in [0.4, 0.5) is 0 Å². The van der Waals surface area contributed by atoms with Gasteiger partial charge in [-0.15, -0.1) is 11.3 Å². The highest BCUT2D eigenvalue weighted by Crippen LogP contribution is 2.29. The molecule has 2 aliphatic heterocycles. The molecule has 0 unspecified atom stereocenters. The minimum Gasteiger partial charge on any atom is -0.379 e. The summed E-state index contributed by atoms with van der Waals surface area (Å²) in [5, 5.41) is 2.17. The van der Waals surface area contributed by atoms with Crippen molar-refractivity contribution in [2.45, 2.75) is 6.17 Å². The van der Waals surface area contributed by atoms with Gasteiger partial charge in [0.15, 0.2) is 0 Å². The van der Waals surface area contributed by atoms with E-state index in [1.54, 1.807) is 0 Å². The Morgan fingerprint density at radius 3 is 1.94 bits per heavy atom. The minimum absolute atomic E-state index is 0.415. The molecule has 0 radical (unpaired) electrons. The van der Waals surface area contributed by atoms with E-state index in [1.807, 2.05) is 11.3 Å². The van der Waals surface area contributed by atoms with E-state index in [9.17, 15) is 0 Å². The summed E-state index contributed by atoms with van der Waals surface area (Å²) in [5.41, 5.74) is 0. The number of morpholine rings is 2. The maximum atomic E-state index is 5.47. The van der Waals surface area contributed by atoms with Crippen molar-refractivity contribution in [2.75, 3.05) is 52.6 Å². The van der Waals surface area contributed by atoms with Gasteiger partial charge in [-0.05, 0) is 11.4 Å². The molecule has 0 atom stereocenters. The maximum Gasteiger partial charge on any atom is 0.0983 e. The zero-order chi connectivity index (χ0) is 12.2. The van der Waals surface area contributed by atoms with Gasteiger partial charge in [-0.1, -0.05) is 6.07 Å². The van der Waals surface area contributed by atoms with Crippen LogP contribution in [-0.2, 0) is 9.47 Å². The highest BCUT2D eigenvalue weighted by Gasteiger charge is 2.29. The van der Waals surface area contributed by atoms with Gasteiger partial charge in [-0.3, -0.25) is 9.80 Å². The topological polar surface area (TPSA) is 24.9 Å². The van der Waals surface area contributed by atoms with Crippen molar-refractivity contribution in [3.63, 3.8) is 0 Å². The molecule has 3 rings (SSSR count). The molecule has 18 heavy (non-hydrogen) atoms. The molecule has 0 aromatic carbocycles. The molecule has 0 amide bonds. The summed E-state index contributed by atoms with van der Waals surface area (Å²) < 4.78 is 10.9. The van der Waals surface area contributed by atoms with Gasteiger partial charge in [0.2, 0.25) is 0 Å². The number of nitrogens with zero attached hydrogens (tertiary/aromatic N) is 2. The first-order valence-electron chi connectivity index (χ1n) is 6.62. The van der Waals surface area contributed by atoms with Gasteiger partial charge in [0, 0.05) is 31.1 Å². The molecule has 5 heteroatoms. The van der Waals surface area contributed by atoms with Crippen LogP contribution in [0.3, 0.4) is 0 Å². The number of hydrogen-bond donors (Lipinski definition) is 0. The molecule has 0 bridgehead atoms. The molecule has 0 spiro atoms. The highest BCUT2D eigenvalue weighted by molar-refractivity contribution is 7.10.